The Labute approximate surface area is 168 Å². The van der Waals surface area contributed by atoms with Gasteiger partial charge in [-0.1, -0.05) is 36.7 Å². The van der Waals surface area contributed by atoms with E-state index in [1.807, 2.05) is 6.92 Å². The summed E-state index contributed by atoms with van der Waals surface area (Å²) in [7, 11) is -3.25. The predicted molar refractivity (Wildman–Crippen MR) is 108 cm³/mol. The molecule has 0 aliphatic carbocycles. The number of amides is 1. The lowest BCUT2D eigenvalue weighted by atomic mass is 10.0. The highest BCUT2D eigenvalue weighted by Crippen LogP contribution is 2.24. The van der Waals surface area contributed by atoms with Gasteiger partial charge < -0.3 is 5.32 Å². The number of halogens is 2. The van der Waals surface area contributed by atoms with Crippen LogP contribution in [0.25, 0.3) is 0 Å². The molecule has 4 nitrogen and oxygen atoms in total. The molecule has 8 heteroatoms. The van der Waals surface area contributed by atoms with Crippen molar-refractivity contribution in [1.82, 2.24) is 5.32 Å². The van der Waals surface area contributed by atoms with Gasteiger partial charge in [0.1, 0.15) is 5.82 Å². The van der Waals surface area contributed by atoms with Gasteiger partial charge in [-0.15, -0.1) is 11.8 Å². The fourth-order valence-corrected chi connectivity index (χ4v) is 4.33. The zero-order chi connectivity index (χ0) is 20.0. The number of hydrogen-bond acceptors (Lipinski definition) is 4. The normalized spacial score (nSPS) is 12.6. The first kappa shape index (κ1) is 21.7. The Bertz CT molecular complexity index is 881. The van der Waals surface area contributed by atoms with E-state index in [2.05, 4.69) is 5.32 Å². The maximum Gasteiger partial charge on any atom is 0.230 e. The quantitative estimate of drug-likeness (QED) is 0.676. The molecule has 0 aliphatic heterocycles. The van der Waals surface area contributed by atoms with Crippen LogP contribution < -0.4 is 5.32 Å². The molecule has 1 amide bonds. The molecule has 0 heterocycles. The van der Waals surface area contributed by atoms with E-state index in [0.717, 1.165) is 11.8 Å². The minimum Gasteiger partial charge on any atom is -0.349 e. The molecule has 27 heavy (non-hydrogen) atoms. The average molecular weight is 430 g/mol. The topological polar surface area (TPSA) is 63.2 Å². The van der Waals surface area contributed by atoms with Gasteiger partial charge in [0, 0.05) is 22.6 Å². The molecule has 0 bridgehead atoms. The zero-order valence-corrected chi connectivity index (χ0v) is 17.4. The van der Waals surface area contributed by atoms with E-state index in [1.54, 1.807) is 24.3 Å². The van der Waals surface area contributed by atoms with Crippen LogP contribution in [0.3, 0.4) is 0 Å². The number of hydrogen-bond donors (Lipinski definition) is 1. The van der Waals surface area contributed by atoms with Crippen molar-refractivity contribution in [3.8, 4) is 0 Å². The van der Waals surface area contributed by atoms with Crippen molar-refractivity contribution in [2.45, 2.75) is 30.0 Å². The van der Waals surface area contributed by atoms with E-state index >= 15 is 0 Å². The maximum absolute atomic E-state index is 13.7. The van der Waals surface area contributed by atoms with Crippen LogP contribution in [0, 0.1) is 5.82 Å². The fourth-order valence-electron chi connectivity index (χ4n) is 2.52. The van der Waals surface area contributed by atoms with Crippen molar-refractivity contribution in [2.75, 3.05) is 12.0 Å². The number of sulfone groups is 1. The van der Waals surface area contributed by atoms with Crippen molar-refractivity contribution in [3.05, 3.63) is 64.4 Å². The van der Waals surface area contributed by atoms with Gasteiger partial charge in [-0.3, -0.25) is 4.79 Å². The van der Waals surface area contributed by atoms with Crippen LogP contribution in [0.15, 0.2) is 47.4 Å². The zero-order valence-electron chi connectivity index (χ0n) is 15.0. The molecular weight excluding hydrogens is 409 g/mol. The first-order valence-electron chi connectivity index (χ1n) is 8.32. The third kappa shape index (κ3) is 6.23. The minimum absolute atomic E-state index is 0.169. The summed E-state index contributed by atoms with van der Waals surface area (Å²) < 4.78 is 36.8. The van der Waals surface area contributed by atoms with Crippen molar-refractivity contribution in [1.29, 1.82) is 0 Å². The van der Waals surface area contributed by atoms with E-state index in [9.17, 15) is 17.6 Å². The molecule has 1 N–H and O–H groups in total. The van der Waals surface area contributed by atoms with Gasteiger partial charge in [0.25, 0.3) is 0 Å². The number of nitrogens with one attached hydrogen (secondary N) is 1. The molecule has 146 valence electrons. The molecule has 0 aromatic heterocycles. The number of benzene rings is 2. The summed E-state index contributed by atoms with van der Waals surface area (Å²) in [5, 5.41) is 3.27. The fraction of sp³-hybridized carbons (Fsp3) is 0.316. The van der Waals surface area contributed by atoms with Crippen LogP contribution in [0.1, 0.15) is 30.5 Å². The van der Waals surface area contributed by atoms with E-state index in [1.165, 1.54) is 30.0 Å². The number of rotatable bonds is 8. The highest BCUT2D eigenvalue weighted by atomic mass is 35.5. The molecule has 2 rings (SSSR count). The first-order chi connectivity index (χ1) is 12.7. The van der Waals surface area contributed by atoms with E-state index in [4.69, 9.17) is 11.6 Å². The molecular formula is C19H21ClFNO3S2. The van der Waals surface area contributed by atoms with Crippen LogP contribution >= 0.6 is 23.4 Å². The Hall–Kier alpha value is -1.57. The van der Waals surface area contributed by atoms with Gasteiger partial charge in [-0.05, 0) is 36.2 Å². The predicted octanol–water partition coefficient (Wildman–Crippen LogP) is 4.38. The molecule has 0 saturated carbocycles. The van der Waals surface area contributed by atoms with Gasteiger partial charge in [-0.2, -0.15) is 0 Å². The van der Waals surface area contributed by atoms with Gasteiger partial charge in [-0.25, -0.2) is 12.8 Å². The molecule has 0 aliphatic rings. The van der Waals surface area contributed by atoms with E-state index in [0.29, 0.717) is 22.8 Å². The lowest BCUT2D eigenvalue weighted by Crippen LogP contribution is -2.29. The second-order valence-corrected chi connectivity index (χ2v) is 9.47. The Kier molecular flexibility index (Phi) is 7.70. The summed E-state index contributed by atoms with van der Waals surface area (Å²) in [6.45, 7) is 1.93. The smallest absolute Gasteiger partial charge is 0.230 e. The van der Waals surface area contributed by atoms with Crippen molar-refractivity contribution in [3.63, 3.8) is 0 Å². The van der Waals surface area contributed by atoms with Crippen molar-refractivity contribution >= 4 is 39.1 Å². The summed E-state index contributed by atoms with van der Waals surface area (Å²) in [4.78, 5) is 12.5. The van der Waals surface area contributed by atoms with E-state index < -0.39 is 9.84 Å². The SMILES string of the molecule is CC[C@@H](NC(=O)CSCc1c(F)cccc1Cl)c1ccc(S(C)(=O)=O)cc1. The summed E-state index contributed by atoms with van der Waals surface area (Å²) >= 11 is 7.26. The number of thioether (sulfide) groups is 1. The monoisotopic (exact) mass is 429 g/mol. The Morgan fingerprint density at radius 2 is 1.89 bits per heavy atom. The van der Waals surface area contributed by atoms with Gasteiger partial charge in [0.2, 0.25) is 5.91 Å². The molecule has 0 saturated heterocycles. The molecule has 0 fully saturated rings. The first-order valence-corrected chi connectivity index (χ1v) is 11.7. The second kappa shape index (κ2) is 9.57. The van der Waals surface area contributed by atoms with Crippen molar-refractivity contribution < 1.29 is 17.6 Å². The van der Waals surface area contributed by atoms with Crippen molar-refractivity contribution in [2.24, 2.45) is 0 Å². The number of carbonyl (C=O) groups is 1. The summed E-state index contributed by atoms with van der Waals surface area (Å²) in [5.41, 5.74) is 1.22. The Morgan fingerprint density at radius 1 is 1.22 bits per heavy atom. The highest BCUT2D eigenvalue weighted by Gasteiger charge is 2.15. The molecule has 2 aromatic carbocycles. The minimum atomic E-state index is -3.25. The van der Waals surface area contributed by atoms with Crippen LogP contribution in [-0.4, -0.2) is 26.3 Å². The van der Waals surface area contributed by atoms with Crippen LogP contribution in [-0.2, 0) is 20.4 Å². The maximum atomic E-state index is 13.7. The van der Waals surface area contributed by atoms with Crippen LogP contribution in [0.2, 0.25) is 5.02 Å². The molecule has 1 atom stereocenters. The lowest BCUT2D eigenvalue weighted by molar-refractivity contribution is -0.119. The van der Waals surface area contributed by atoms with Gasteiger partial charge >= 0.3 is 0 Å². The van der Waals surface area contributed by atoms with E-state index in [-0.39, 0.29) is 28.4 Å². The molecule has 0 radical (unpaired) electrons. The molecule has 2 aromatic rings. The largest absolute Gasteiger partial charge is 0.349 e. The Morgan fingerprint density at radius 3 is 2.44 bits per heavy atom. The lowest BCUT2D eigenvalue weighted by Gasteiger charge is -2.18. The standard InChI is InChI=1S/C19H21ClFNO3S2/c1-3-18(13-7-9-14(10-8-13)27(2,24)25)22-19(23)12-26-11-15-16(20)5-4-6-17(15)21/h4-10,18H,3,11-12H2,1-2H3,(H,22,23)/t18-/m1/s1. The van der Waals surface area contributed by atoms with Crippen LogP contribution in [0.5, 0.6) is 0 Å². The third-order valence-corrected chi connectivity index (χ3v) is 6.44. The van der Waals surface area contributed by atoms with Gasteiger partial charge in [0.05, 0.1) is 16.7 Å². The highest BCUT2D eigenvalue weighted by molar-refractivity contribution is 7.99. The molecule has 0 spiro atoms. The average Bonchev–Trinajstić information content (AvgIpc) is 2.61. The van der Waals surface area contributed by atoms with Crippen LogP contribution in [0.4, 0.5) is 4.39 Å². The summed E-state index contributed by atoms with van der Waals surface area (Å²) in [6, 6.07) is 10.8. The van der Waals surface area contributed by atoms with Gasteiger partial charge in [0.15, 0.2) is 9.84 Å². The summed E-state index contributed by atoms with van der Waals surface area (Å²) in [6.07, 6.45) is 1.81. The second-order valence-electron chi connectivity index (χ2n) is 6.06. The number of carbonyl (C=O) groups excluding carboxylic acids is 1. The Balaban J connectivity index is 1.93. The molecule has 0 unspecified atom stereocenters. The summed E-state index contributed by atoms with van der Waals surface area (Å²) in [5.74, 6) is -0.0826. The third-order valence-electron chi connectivity index (χ3n) is 4.00.